The molecule has 0 saturated carbocycles. The Morgan fingerprint density at radius 1 is 1.04 bits per heavy atom. The van der Waals surface area contributed by atoms with E-state index in [4.69, 9.17) is 9.72 Å². The molecule has 4 aromatic rings. The van der Waals surface area contributed by atoms with E-state index in [1.54, 1.807) is 24.3 Å². The van der Waals surface area contributed by atoms with Crippen molar-refractivity contribution in [2.75, 3.05) is 54.4 Å². The van der Waals surface area contributed by atoms with Crippen LogP contribution in [-0.2, 0) is 16.1 Å². The average Bonchev–Trinajstić information content (AvgIpc) is 3.56. The number of para-hydroxylation sites is 1. The van der Waals surface area contributed by atoms with E-state index in [0.29, 0.717) is 35.7 Å². The molecule has 14 heteroatoms. The summed E-state index contributed by atoms with van der Waals surface area (Å²) < 4.78 is 6.49. The largest absolute Gasteiger partial charge is 0.507 e. The van der Waals surface area contributed by atoms with E-state index in [1.165, 1.54) is 0 Å². The molecule has 3 fully saturated rings. The van der Waals surface area contributed by atoms with E-state index < -0.39 is 11.9 Å². The summed E-state index contributed by atoms with van der Waals surface area (Å²) in [6, 6.07) is 20.0. The highest BCUT2D eigenvalue weighted by molar-refractivity contribution is 6.03. The Morgan fingerprint density at radius 2 is 1.85 bits per heavy atom. The molecule has 3 atom stereocenters. The van der Waals surface area contributed by atoms with Crippen LogP contribution in [0.25, 0.3) is 11.3 Å². The molecule has 14 nitrogen and oxygen atoms in total. The van der Waals surface area contributed by atoms with Crippen molar-refractivity contribution in [2.45, 2.75) is 56.8 Å². The molecule has 4 aliphatic heterocycles. The van der Waals surface area contributed by atoms with Crippen LogP contribution in [0.15, 0.2) is 72.9 Å². The second-order valence-corrected chi connectivity index (χ2v) is 14.3. The molecule has 3 saturated heterocycles. The monoisotopic (exact) mass is 717 g/mol. The molecule has 0 spiro atoms. The van der Waals surface area contributed by atoms with Gasteiger partial charge in [-0.15, -0.1) is 10.2 Å². The van der Waals surface area contributed by atoms with E-state index in [9.17, 15) is 19.5 Å². The van der Waals surface area contributed by atoms with Gasteiger partial charge in [0.05, 0.1) is 23.5 Å². The average molecular weight is 718 g/mol. The topological polar surface area (TPSA) is 165 Å². The first-order chi connectivity index (χ1) is 25.8. The van der Waals surface area contributed by atoms with E-state index in [0.717, 1.165) is 74.9 Å². The van der Waals surface area contributed by atoms with Gasteiger partial charge in [0.15, 0.2) is 5.82 Å². The molecular formula is C39H43N9O5. The van der Waals surface area contributed by atoms with Crippen molar-refractivity contribution >= 4 is 34.9 Å². The van der Waals surface area contributed by atoms with Gasteiger partial charge in [-0.2, -0.15) is 0 Å². The number of amides is 3. The smallest absolute Gasteiger partial charge is 0.251 e. The predicted molar refractivity (Wildman–Crippen MR) is 199 cm³/mol. The molecule has 0 aliphatic carbocycles. The van der Waals surface area contributed by atoms with E-state index in [-0.39, 0.29) is 35.6 Å². The number of aromatic nitrogens is 3. The lowest BCUT2D eigenvalue weighted by molar-refractivity contribution is -0.134. The zero-order chi connectivity index (χ0) is 36.5. The third kappa shape index (κ3) is 7.06. The van der Waals surface area contributed by atoms with Crippen molar-refractivity contribution in [2.24, 2.45) is 0 Å². The number of hydrogen-bond acceptors (Lipinski definition) is 12. The molecule has 0 bridgehead atoms. The van der Waals surface area contributed by atoms with Crippen molar-refractivity contribution in [3.63, 3.8) is 0 Å². The predicted octanol–water partition coefficient (Wildman–Crippen LogP) is 3.33. The number of phenols is 1. The van der Waals surface area contributed by atoms with Crippen molar-refractivity contribution < 1.29 is 24.2 Å². The maximum Gasteiger partial charge on any atom is 0.251 e. The Hall–Kier alpha value is -5.76. The van der Waals surface area contributed by atoms with Crippen molar-refractivity contribution in [1.82, 2.24) is 30.7 Å². The van der Waals surface area contributed by atoms with Crippen LogP contribution in [0, 0.1) is 0 Å². The van der Waals surface area contributed by atoms with E-state index >= 15 is 0 Å². The van der Waals surface area contributed by atoms with Crippen LogP contribution >= 0.6 is 0 Å². The fraction of sp³-hybridized carbons (Fsp3) is 0.385. The summed E-state index contributed by atoms with van der Waals surface area (Å²) >= 11 is 0. The molecule has 2 aromatic carbocycles. The summed E-state index contributed by atoms with van der Waals surface area (Å²) in [4.78, 5) is 47.9. The third-order valence-corrected chi connectivity index (χ3v) is 11.0. The number of piperazine rings is 1. The molecule has 4 aliphatic rings. The van der Waals surface area contributed by atoms with Gasteiger partial charge < -0.3 is 30.3 Å². The maximum atomic E-state index is 12.7. The fourth-order valence-corrected chi connectivity index (χ4v) is 7.90. The first kappa shape index (κ1) is 34.3. The number of rotatable bonds is 9. The molecule has 0 radical (unpaired) electrons. The lowest BCUT2D eigenvalue weighted by Gasteiger charge is -2.43. The number of ether oxygens (including phenoxy) is 1. The number of fused-ring (bicyclic) bond motifs is 3. The lowest BCUT2D eigenvalue weighted by atomic mass is 9.90. The Kier molecular flexibility index (Phi) is 9.29. The fourth-order valence-electron chi connectivity index (χ4n) is 7.90. The zero-order valence-electron chi connectivity index (χ0n) is 29.6. The van der Waals surface area contributed by atoms with Crippen molar-refractivity contribution in [3.05, 3.63) is 84.1 Å². The molecule has 2 aromatic heterocycles. The number of nitrogens with one attached hydrogen (secondary N) is 3. The Bertz CT molecular complexity index is 2000. The van der Waals surface area contributed by atoms with Gasteiger partial charge in [-0.05, 0) is 60.9 Å². The minimum absolute atomic E-state index is 0.0512. The van der Waals surface area contributed by atoms with Gasteiger partial charge in [0.25, 0.3) is 5.91 Å². The minimum Gasteiger partial charge on any atom is -0.507 e. The highest BCUT2D eigenvalue weighted by atomic mass is 16.5. The molecule has 1 unspecified atom stereocenters. The van der Waals surface area contributed by atoms with Crippen molar-refractivity contribution in [3.8, 4) is 22.9 Å². The Morgan fingerprint density at radius 3 is 2.58 bits per heavy atom. The van der Waals surface area contributed by atoms with Gasteiger partial charge in [-0.3, -0.25) is 24.6 Å². The summed E-state index contributed by atoms with van der Waals surface area (Å²) in [5.74, 6) is 0.423. The number of carbonyl (C=O) groups excluding carboxylic acids is 3. The number of hydrogen-bond donors (Lipinski definition) is 4. The number of benzene rings is 2. The van der Waals surface area contributed by atoms with Crippen LogP contribution in [0.4, 0.5) is 17.2 Å². The number of aromatic hydroxyl groups is 1. The standard InChI is InChI=1S/C39H43N9O5/c1-2-39-20-28(23-48(39)32-19-31(44-45-36(32)41-24-39)29-5-3-4-6-33(29)49)53-35-14-7-25(21-40-35)22-46-15-17-47(18-16-46)27-10-8-26(9-11-27)37(51)42-30-12-13-34(50)43-38(30)52/h3-11,14,19,21,28,30,49H,2,12-13,15-18,20,22-24H2,1H3,(H,41,45)(H,42,51)(H,43,50,52)/t28-,30?,39+/m1/s1. The van der Waals surface area contributed by atoms with Gasteiger partial charge in [-0.1, -0.05) is 25.1 Å². The number of piperidine rings is 1. The maximum absolute atomic E-state index is 12.7. The molecule has 6 heterocycles. The van der Waals surface area contributed by atoms with Crippen LogP contribution in [0.1, 0.15) is 48.5 Å². The summed E-state index contributed by atoms with van der Waals surface area (Å²) in [6.07, 6.45) is 4.15. The van der Waals surface area contributed by atoms with E-state index in [1.807, 2.05) is 42.6 Å². The highest BCUT2D eigenvalue weighted by Gasteiger charge is 2.49. The normalized spacial score (nSPS) is 22.7. The second-order valence-electron chi connectivity index (χ2n) is 14.3. The zero-order valence-corrected chi connectivity index (χ0v) is 29.6. The number of phenolic OH excluding ortho intramolecular Hbond substituents is 1. The van der Waals surface area contributed by atoms with Gasteiger partial charge >= 0.3 is 0 Å². The van der Waals surface area contributed by atoms with E-state index in [2.05, 4.69) is 53.8 Å². The van der Waals surface area contributed by atoms with Gasteiger partial charge in [-0.25, -0.2) is 4.98 Å². The summed E-state index contributed by atoms with van der Waals surface area (Å²) in [7, 11) is 0. The van der Waals surface area contributed by atoms with Gasteiger partial charge in [0.2, 0.25) is 17.7 Å². The Labute approximate surface area is 307 Å². The van der Waals surface area contributed by atoms with Crippen LogP contribution < -0.4 is 30.5 Å². The van der Waals surface area contributed by atoms with Gasteiger partial charge in [0.1, 0.15) is 17.9 Å². The summed E-state index contributed by atoms with van der Waals surface area (Å²) in [5, 5.41) is 27.8. The number of carbonyl (C=O) groups is 3. The van der Waals surface area contributed by atoms with Crippen LogP contribution in [-0.4, -0.2) is 99.9 Å². The number of imide groups is 1. The third-order valence-electron chi connectivity index (χ3n) is 11.0. The molecule has 8 rings (SSSR count). The number of anilines is 3. The first-order valence-corrected chi connectivity index (χ1v) is 18.3. The summed E-state index contributed by atoms with van der Waals surface area (Å²) in [6.45, 7) is 7.92. The van der Waals surface area contributed by atoms with Crippen molar-refractivity contribution in [1.29, 1.82) is 0 Å². The second kappa shape index (κ2) is 14.3. The Balaban J connectivity index is 0.835. The SMILES string of the molecule is CC[C@]12CNc3nnc(-c4ccccc4O)cc3N1C[C@H](Oc1ccc(CN3CCN(c4ccc(C(=O)NC5CCC(=O)NC5=O)cc4)CC3)cn1)C2. The highest BCUT2D eigenvalue weighted by Crippen LogP contribution is 2.45. The van der Waals surface area contributed by atoms with Gasteiger partial charge in [0, 0.05) is 81.2 Å². The molecule has 53 heavy (non-hydrogen) atoms. The van der Waals surface area contributed by atoms with Crippen LogP contribution in [0.5, 0.6) is 11.6 Å². The number of pyridine rings is 1. The minimum atomic E-state index is -0.699. The molecule has 3 amide bonds. The first-order valence-electron chi connectivity index (χ1n) is 18.3. The molecular weight excluding hydrogens is 674 g/mol. The quantitative estimate of drug-likeness (QED) is 0.187. The molecule has 274 valence electrons. The number of nitrogens with zero attached hydrogens (tertiary/aromatic N) is 6. The summed E-state index contributed by atoms with van der Waals surface area (Å²) in [5.41, 5.74) is 4.75. The lowest BCUT2D eigenvalue weighted by Crippen LogP contribution is -2.52. The van der Waals surface area contributed by atoms with Crippen LogP contribution in [0.3, 0.4) is 0 Å². The molecule has 4 N–H and O–H groups in total. The van der Waals surface area contributed by atoms with Crippen LogP contribution in [0.2, 0.25) is 0 Å².